The molecule has 0 fully saturated rings. The van der Waals surface area contributed by atoms with Crippen molar-refractivity contribution in [2.24, 2.45) is 5.10 Å². The third-order valence-corrected chi connectivity index (χ3v) is 7.62. The van der Waals surface area contributed by atoms with Crippen LogP contribution in [-0.2, 0) is 0 Å². The predicted molar refractivity (Wildman–Crippen MR) is 158 cm³/mol. The number of hydrogen-bond acceptors (Lipinski definition) is 3. The number of H-pyrrole nitrogens is 1. The molecule has 1 atom stereocenters. The van der Waals surface area contributed by atoms with Crippen LogP contribution >= 0.6 is 34.8 Å². The van der Waals surface area contributed by atoms with Crippen LogP contribution in [0.1, 0.15) is 33.9 Å². The Morgan fingerprint density at radius 3 is 2.26 bits per heavy atom. The summed E-state index contributed by atoms with van der Waals surface area (Å²) in [6.45, 7) is 0. The van der Waals surface area contributed by atoms with Crippen molar-refractivity contribution in [3.8, 4) is 11.1 Å². The van der Waals surface area contributed by atoms with E-state index in [1.54, 1.807) is 48.5 Å². The van der Waals surface area contributed by atoms with Gasteiger partial charge in [0.1, 0.15) is 0 Å². The Kier molecular flexibility index (Phi) is 6.73. The molecule has 5 aromatic rings. The average molecular weight is 573 g/mol. The van der Waals surface area contributed by atoms with Crippen molar-refractivity contribution < 1.29 is 4.79 Å². The average Bonchev–Trinajstić information content (AvgIpc) is 3.38. The van der Waals surface area contributed by atoms with Gasteiger partial charge < -0.3 is 4.98 Å². The molecule has 1 amide bonds. The number of benzene rings is 4. The van der Waals surface area contributed by atoms with Crippen molar-refractivity contribution in [1.29, 1.82) is 0 Å². The number of carbonyl (C=O) groups excluding carboxylic acids is 1. The summed E-state index contributed by atoms with van der Waals surface area (Å²) >= 11 is 18.9. The number of pyridine rings is 1. The number of fused-ring (bicyclic) bond motifs is 1. The molecular weight excluding hydrogens is 553 g/mol. The van der Waals surface area contributed by atoms with E-state index >= 15 is 0 Å². The Bertz CT molecular complexity index is 1820. The molecule has 192 valence electrons. The number of hydrazone groups is 1. The van der Waals surface area contributed by atoms with E-state index in [4.69, 9.17) is 39.9 Å². The van der Waals surface area contributed by atoms with Crippen LogP contribution < -0.4 is 5.56 Å². The van der Waals surface area contributed by atoms with E-state index in [1.165, 1.54) is 5.01 Å². The maximum absolute atomic E-state index is 13.8. The minimum Gasteiger partial charge on any atom is -0.321 e. The molecule has 39 heavy (non-hydrogen) atoms. The Labute approximate surface area is 239 Å². The fourth-order valence-electron chi connectivity index (χ4n) is 5.00. The fourth-order valence-corrected chi connectivity index (χ4v) is 5.51. The smallest absolute Gasteiger partial charge is 0.276 e. The van der Waals surface area contributed by atoms with Crippen molar-refractivity contribution in [3.63, 3.8) is 0 Å². The lowest BCUT2D eigenvalue weighted by Gasteiger charge is -2.22. The number of hydrogen-bond donors (Lipinski definition) is 1. The summed E-state index contributed by atoms with van der Waals surface area (Å²) in [5.41, 5.74) is 3.94. The summed E-state index contributed by atoms with van der Waals surface area (Å²) in [5, 5.41) is 8.43. The second-order valence-corrected chi connectivity index (χ2v) is 10.5. The van der Waals surface area contributed by atoms with Gasteiger partial charge in [0.15, 0.2) is 0 Å². The largest absolute Gasteiger partial charge is 0.321 e. The second kappa shape index (κ2) is 10.3. The first-order valence-corrected chi connectivity index (χ1v) is 13.4. The summed E-state index contributed by atoms with van der Waals surface area (Å²) in [5.74, 6) is -0.364. The first-order valence-electron chi connectivity index (χ1n) is 12.2. The molecule has 8 heteroatoms. The lowest BCUT2D eigenvalue weighted by atomic mass is 9.91. The maximum Gasteiger partial charge on any atom is 0.276 e. The van der Waals surface area contributed by atoms with Gasteiger partial charge in [0.25, 0.3) is 11.5 Å². The van der Waals surface area contributed by atoms with Gasteiger partial charge in [0, 0.05) is 32.9 Å². The molecule has 1 aromatic heterocycles. The minimum atomic E-state index is -0.473. The zero-order valence-corrected chi connectivity index (χ0v) is 22.6. The van der Waals surface area contributed by atoms with Crippen LogP contribution in [0.2, 0.25) is 15.1 Å². The number of amides is 1. The summed E-state index contributed by atoms with van der Waals surface area (Å²) in [7, 11) is 0. The number of nitrogens with one attached hydrogen (secondary N) is 1. The van der Waals surface area contributed by atoms with Crippen molar-refractivity contribution in [3.05, 3.63) is 139 Å². The summed E-state index contributed by atoms with van der Waals surface area (Å²) in [6.07, 6.45) is 0.312. The third-order valence-electron chi connectivity index (χ3n) is 6.80. The predicted octanol–water partition coefficient (Wildman–Crippen LogP) is 8.15. The second-order valence-electron chi connectivity index (χ2n) is 9.21. The lowest BCUT2D eigenvalue weighted by Crippen LogP contribution is -2.27. The van der Waals surface area contributed by atoms with Gasteiger partial charge in [-0.2, -0.15) is 5.10 Å². The van der Waals surface area contributed by atoms with Crippen LogP contribution in [0, 0.1) is 0 Å². The maximum atomic E-state index is 13.8. The van der Waals surface area contributed by atoms with Crippen LogP contribution in [0.4, 0.5) is 0 Å². The van der Waals surface area contributed by atoms with Crippen molar-refractivity contribution in [1.82, 2.24) is 9.99 Å². The van der Waals surface area contributed by atoms with Crippen molar-refractivity contribution in [2.75, 3.05) is 0 Å². The van der Waals surface area contributed by atoms with Crippen LogP contribution in [0.15, 0.2) is 107 Å². The molecule has 2 heterocycles. The van der Waals surface area contributed by atoms with E-state index in [9.17, 15) is 9.59 Å². The van der Waals surface area contributed by atoms with Crippen LogP contribution in [0.25, 0.3) is 22.0 Å². The number of rotatable bonds is 4. The summed E-state index contributed by atoms with van der Waals surface area (Å²) in [4.78, 5) is 30.5. The lowest BCUT2D eigenvalue weighted by molar-refractivity contribution is 0.0711. The van der Waals surface area contributed by atoms with E-state index in [2.05, 4.69) is 4.98 Å². The molecule has 0 saturated carbocycles. The summed E-state index contributed by atoms with van der Waals surface area (Å²) < 4.78 is 0. The highest BCUT2D eigenvalue weighted by molar-refractivity contribution is 6.34. The van der Waals surface area contributed by atoms with Gasteiger partial charge in [0.2, 0.25) is 0 Å². The zero-order valence-electron chi connectivity index (χ0n) is 20.4. The highest BCUT2D eigenvalue weighted by Crippen LogP contribution is 2.38. The molecule has 0 radical (unpaired) electrons. The van der Waals surface area contributed by atoms with Crippen LogP contribution in [0.3, 0.4) is 0 Å². The molecule has 6 rings (SSSR count). The van der Waals surface area contributed by atoms with E-state index in [0.29, 0.717) is 49.4 Å². The number of aromatic amines is 1. The van der Waals surface area contributed by atoms with Crippen molar-refractivity contribution in [2.45, 2.75) is 12.5 Å². The van der Waals surface area contributed by atoms with Gasteiger partial charge in [0.05, 0.1) is 27.9 Å². The third kappa shape index (κ3) is 4.74. The van der Waals surface area contributed by atoms with Gasteiger partial charge in [-0.15, -0.1) is 0 Å². The van der Waals surface area contributed by atoms with Gasteiger partial charge in [-0.3, -0.25) is 9.59 Å². The van der Waals surface area contributed by atoms with Gasteiger partial charge in [-0.25, -0.2) is 5.01 Å². The van der Waals surface area contributed by atoms with E-state index in [-0.39, 0.29) is 11.5 Å². The number of nitrogens with zero attached hydrogens (tertiary/aromatic N) is 2. The molecule has 0 aliphatic carbocycles. The molecular formula is C31H20Cl3N3O2. The first-order chi connectivity index (χ1) is 18.9. The van der Waals surface area contributed by atoms with E-state index < -0.39 is 6.04 Å². The monoisotopic (exact) mass is 571 g/mol. The summed E-state index contributed by atoms with van der Waals surface area (Å²) in [6, 6.07) is 28.6. The molecule has 0 saturated heterocycles. The molecule has 0 spiro atoms. The SMILES string of the molecule is O=C(c1ccccc1Cl)N1N=C(c2c(-c3ccccc3)c3cc(Cl)ccc3[nH]c2=O)C[C@H]1c1ccc(Cl)cc1. The van der Waals surface area contributed by atoms with E-state index in [1.807, 2.05) is 48.5 Å². The minimum absolute atomic E-state index is 0.302. The Balaban J connectivity index is 1.58. The highest BCUT2D eigenvalue weighted by atomic mass is 35.5. The number of carbonyl (C=O) groups is 1. The number of aromatic nitrogens is 1. The Morgan fingerprint density at radius 2 is 1.51 bits per heavy atom. The molecule has 4 aromatic carbocycles. The first kappa shape index (κ1) is 25.4. The zero-order chi connectivity index (χ0) is 27.1. The van der Waals surface area contributed by atoms with Crippen molar-refractivity contribution >= 4 is 57.3 Å². The highest BCUT2D eigenvalue weighted by Gasteiger charge is 2.36. The van der Waals surface area contributed by atoms with Gasteiger partial charge >= 0.3 is 0 Å². The molecule has 1 N–H and O–H groups in total. The standard InChI is InChI=1S/C31H20Cl3N3O2/c32-20-12-10-18(11-13-20)27-17-26(36-37(27)31(39)22-8-4-5-9-24(22)34)29-28(19-6-2-1-3-7-19)23-16-21(33)14-15-25(23)35-30(29)38/h1-16,27H,17H2,(H,35,38)/t27-/m0/s1. The quantitative estimate of drug-likeness (QED) is 0.236. The van der Waals surface area contributed by atoms with Gasteiger partial charge in [-0.05, 0) is 53.6 Å². The molecule has 1 aliphatic heterocycles. The molecule has 0 bridgehead atoms. The molecule has 0 unspecified atom stereocenters. The fraction of sp³-hybridized carbons (Fsp3) is 0.0645. The Morgan fingerprint density at radius 1 is 0.821 bits per heavy atom. The van der Waals surface area contributed by atoms with Gasteiger partial charge in [-0.1, -0.05) is 89.4 Å². The topological polar surface area (TPSA) is 65.5 Å². The van der Waals surface area contributed by atoms with E-state index in [0.717, 1.165) is 16.5 Å². The Hall–Kier alpha value is -3.90. The van der Waals surface area contributed by atoms with Crippen LogP contribution in [-0.4, -0.2) is 21.6 Å². The van der Waals surface area contributed by atoms with Crippen LogP contribution in [0.5, 0.6) is 0 Å². The normalized spacial score (nSPS) is 15.0. The molecule has 1 aliphatic rings. The molecule has 5 nitrogen and oxygen atoms in total. The number of halogens is 3.